The maximum absolute atomic E-state index is 12.6. The summed E-state index contributed by atoms with van der Waals surface area (Å²) >= 11 is 0. The Kier molecular flexibility index (Phi) is 5.29. The second kappa shape index (κ2) is 8.28. The van der Waals surface area contributed by atoms with Crippen LogP contribution in [0.3, 0.4) is 0 Å². The SMILES string of the molecule is N#Cc1ccnc(S(=O)(=O)NC2CC(Nc3c(-c4ncc(CO)o4)cnc4[nH]ccc34)C2)c1. The molecule has 33 heavy (non-hydrogen) atoms. The number of anilines is 1. The number of aliphatic hydroxyl groups excluding tert-OH is 1. The molecule has 1 aliphatic rings. The number of fused-ring (bicyclic) bond motifs is 1. The number of aromatic amines is 1. The average Bonchev–Trinajstić information content (AvgIpc) is 3.47. The van der Waals surface area contributed by atoms with E-state index in [0.717, 1.165) is 11.1 Å². The summed E-state index contributed by atoms with van der Waals surface area (Å²) in [7, 11) is -3.83. The molecule has 0 amide bonds. The number of nitrogens with zero attached hydrogens (tertiary/aromatic N) is 4. The lowest BCUT2D eigenvalue weighted by Gasteiger charge is -2.37. The number of hydrogen-bond acceptors (Lipinski definition) is 9. The molecule has 1 aliphatic carbocycles. The molecule has 168 valence electrons. The number of nitriles is 1. The van der Waals surface area contributed by atoms with Crippen molar-refractivity contribution >= 4 is 26.7 Å². The van der Waals surface area contributed by atoms with Crippen LogP contribution in [0.2, 0.25) is 0 Å². The zero-order chi connectivity index (χ0) is 23.0. The molecule has 4 heterocycles. The second-order valence-corrected chi connectivity index (χ2v) is 9.36. The summed E-state index contributed by atoms with van der Waals surface area (Å²) in [5.74, 6) is 0.675. The summed E-state index contributed by atoms with van der Waals surface area (Å²) in [4.78, 5) is 15.6. The largest absolute Gasteiger partial charge is 0.439 e. The molecule has 11 nitrogen and oxygen atoms in total. The first kappa shape index (κ1) is 21.1. The van der Waals surface area contributed by atoms with Crippen LogP contribution in [0.4, 0.5) is 5.69 Å². The minimum absolute atomic E-state index is 0.00243. The number of pyridine rings is 2. The highest BCUT2D eigenvalue weighted by atomic mass is 32.2. The van der Waals surface area contributed by atoms with E-state index in [1.165, 1.54) is 24.5 Å². The Morgan fingerprint density at radius 2 is 2.06 bits per heavy atom. The van der Waals surface area contributed by atoms with E-state index < -0.39 is 10.0 Å². The zero-order valence-corrected chi connectivity index (χ0v) is 18.0. The van der Waals surface area contributed by atoms with Crippen LogP contribution in [0, 0.1) is 11.3 Å². The van der Waals surface area contributed by atoms with Crippen LogP contribution >= 0.6 is 0 Å². The molecule has 0 aliphatic heterocycles. The number of oxazole rings is 1. The van der Waals surface area contributed by atoms with Crippen LogP contribution in [0.15, 0.2) is 52.4 Å². The molecule has 0 aromatic carbocycles. The van der Waals surface area contributed by atoms with Crippen molar-refractivity contribution in [3.8, 4) is 17.5 Å². The van der Waals surface area contributed by atoms with E-state index in [4.69, 9.17) is 9.68 Å². The number of sulfonamides is 1. The first-order valence-electron chi connectivity index (χ1n) is 10.1. The Balaban J connectivity index is 1.32. The van der Waals surface area contributed by atoms with Gasteiger partial charge in [-0.15, -0.1) is 0 Å². The second-order valence-electron chi connectivity index (χ2n) is 7.70. The van der Waals surface area contributed by atoms with Gasteiger partial charge in [0.2, 0.25) is 5.89 Å². The van der Waals surface area contributed by atoms with Crippen LogP contribution in [-0.2, 0) is 16.6 Å². The standard InChI is InChI=1S/C21H19N7O4S/c22-8-12-1-3-23-18(5-12)33(30,31)28-14-6-13(7-14)27-19-16-2-4-24-20(16)25-10-17(19)21-26-9-15(11-29)32-21/h1-5,9-10,13-14,28-29H,6-7,11H2,(H2,24,25,27). The summed E-state index contributed by atoms with van der Waals surface area (Å²) in [6, 6.07) is 6.24. The third-order valence-corrected chi connectivity index (χ3v) is 6.89. The number of H-pyrrole nitrogens is 1. The van der Waals surface area contributed by atoms with Gasteiger partial charge < -0.3 is 19.8 Å². The highest BCUT2D eigenvalue weighted by molar-refractivity contribution is 7.89. The predicted octanol–water partition coefficient (Wildman–Crippen LogP) is 1.90. The molecule has 0 unspecified atom stereocenters. The molecular formula is C21H19N7O4S. The lowest BCUT2D eigenvalue weighted by molar-refractivity contribution is 0.248. The van der Waals surface area contributed by atoms with E-state index in [0.29, 0.717) is 35.7 Å². The van der Waals surface area contributed by atoms with Crippen molar-refractivity contribution < 1.29 is 17.9 Å². The van der Waals surface area contributed by atoms with Crippen LogP contribution in [0.1, 0.15) is 24.2 Å². The molecule has 1 saturated carbocycles. The van der Waals surface area contributed by atoms with Gasteiger partial charge in [-0.25, -0.2) is 28.1 Å². The first-order chi connectivity index (χ1) is 16.0. The van der Waals surface area contributed by atoms with E-state index in [9.17, 15) is 13.5 Å². The summed E-state index contributed by atoms with van der Waals surface area (Å²) in [6.07, 6.45) is 7.29. The van der Waals surface area contributed by atoms with Crippen LogP contribution in [0.5, 0.6) is 0 Å². The lowest BCUT2D eigenvalue weighted by atomic mass is 9.87. The van der Waals surface area contributed by atoms with Crippen LogP contribution in [0.25, 0.3) is 22.5 Å². The highest BCUT2D eigenvalue weighted by Crippen LogP contribution is 2.36. The normalized spacial score (nSPS) is 18.1. The average molecular weight is 465 g/mol. The summed E-state index contributed by atoms with van der Waals surface area (Å²) in [5.41, 5.74) is 2.33. The zero-order valence-electron chi connectivity index (χ0n) is 17.2. The fourth-order valence-corrected chi connectivity index (χ4v) is 5.01. The van der Waals surface area contributed by atoms with Gasteiger partial charge in [-0.05, 0) is 31.0 Å². The van der Waals surface area contributed by atoms with Crippen molar-refractivity contribution in [2.24, 2.45) is 0 Å². The van der Waals surface area contributed by atoms with Gasteiger partial charge in [-0.3, -0.25) is 0 Å². The van der Waals surface area contributed by atoms with Crippen molar-refractivity contribution in [2.45, 2.75) is 36.6 Å². The Labute approximate surface area is 188 Å². The third-order valence-electron chi connectivity index (χ3n) is 5.47. The van der Waals surface area contributed by atoms with Gasteiger partial charge >= 0.3 is 0 Å². The van der Waals surface area contributed by atoms with Gasteiger partial charge in [0.1, 0.15) is 18.0 Å². The molecule has 4 N–H and O–H groups in total. The Morgan fingerprint density at radius 1 is 1.21 bits per heavy atom. The van der Waals surface area contributed by atoms with Gasteiger partial charge in [-0.1, -0.05) is 0 Å². The number of nitrogens with one attached hydrogen (secondary N) is 3. The monoisotopic (exact) mass is 465 g/mol. The molecule has 0 saturated heterocycles. The van der Waals surface area contributed by atoms with Crippen molar-refractivity contribution in [1.29, 1.82) is 5.26 Å². The first-order valence-corrected chi connectivity index (χ1v) is 11.6. The molecule has 0 bridgehead atoms. The van der Waals surface area contributed by atoms with E-state index in [1.807, 2.05) is 12.1 Å². The summed E-state index contributed by atoms with van der Waals surface area (Å²) in [5, 5.41) is 22.4. The predicted molar refractivity (Wildman–Crippen MR) is 117 cm³/mol. The Morgan fingerprint density at radius 3 is 2.82 bits per heavy atom. The number of rotatable bonds is 7. The van der Waals surface area contributed by atoms with E-state index in [-0.39, 0.29) is 29.3 Å². The molecule has 4 aromatic rings. The van der Waals surface area contributed by atoms with Gasteiger partial charge in [0.15, 0.2) is 5.03 Å². The van der Waals surface area contributed by atoms with Crippen molar-refractivity contribution in [3.05, 3.63) is 54.3 Å². The third kappa shape index (κ3) is 4.05. The molecule has 0 atom stereocenters. The minimum atomic E-state index is -3.83. The molecule has 0 radical (unpaired) electrons. The summed E-state index contributed by atoms with van der Waals surface area (Å²) < 4.78 is 33.5. The van der Waals surface area contributed by atoms with Gasteiger partial charge in [-0.2, -0.15) is 5.26 Å². The number of hydrogen-bond donors (Lipinski definition) is 4. The lowest BCUT2D eigenvalue weighted by Crippen LogP contribution is -2.49. The van der Waals surface area contributed by atoms with Crippen molar-refractivity contribution in [2.75, 3.05) is 5.32 Å². The fourth-order valence-electron chi connectivity index (χ4n) is 3.77. The molecule has 12 heteroatoms. The Bertz CT molecular complexity index is 1470. The topological polar surface area (TPSA) is 170 Å². The Hall–Kier alpha value is -3.79. The molecule has 0 spiro atoms. The van der Waals surface area contributed by atoms with Gasteiger partial charge in [0.05, 0.1) is 29.1 Å². The quantitative estimate of drug-likeness (QED) is 0.318. The molecule has 4 aromatic heterocycles. The molecular weight excluding hydrogens is 446 g/mol. The maximum Gasteiger partial charge on any atom is 0.258 e. The highest BCUT2D eigenvalue weighted by Gasteiger charge is 2.34. The maximum atomic E-state index is 12.6. The van der Waals surface area contributed by atoms with E-state index >= 15 is 0 Å². The fraction of sp³-hybridized carbons (Fsp3) is 0.238. The summed E-state index contributed by atoms with van der Waals surface area (Å²) in [6.45, 7) is -0.258. The number of aromatic nitrogens is 4. The van der Waals surface area contributed by atoms with Crippen LogP contribution < -0.4 is 10.0 Å². The minimum Gasteiger partial charge on any atom is -0.439 e. The van der Waals surface area contributed by atoms with E-state index in [1.54, 1.807) is 12.4 Å². The smallest absolute Gasteiger partial charge is 0.258 e. The van der Waals surface area contributed by atoms with Crippen molar-refractivity contribution in [3.63, 3.8) is 0 Å². The molecule has 5 rings (SSSR count). The van der Waals surface area contributed by atoms with Crippen molar-refractivity contribution in [1.82, 2.24) is 24.7 Å². The molecule has 1 fully saturated rings. The van der Waals surface area contributed by atoms with Gasteiger partial charge in [0, 0.05) is 36.1 Å². The van der Waals surface area contributed by atoms with Gasteiger partial charge in [0.25, 0.3) is 10.0 Å². The van der Waals surface area contributed by atoms with Crippen LogP contribution in [-0.4, -0.2) is 45.5 Å². The number of aliphatic hydroxyl groups is 1. The van der Waals surface area contributed by atoms with E-state index in [2.05, 4.69) is 30.0 Å².